The van der Waals surface area contributed by atoms with Crippen LogP contribution in [0.3, 0.4) is 0 Å². The molecular weight excluding hydrogens is 273 g/mol. The molecule has 0 amide bonds. The van der Waals surface area contributed by atoms with E-state index in [1.807, 2.05) is 0 Å². The molecule has 5 heteroatoms. The van der Waals surface area contributed by atoms with E-state index in [-0.39, 0.29) is 0 Å². The van der Waals surface area contributed by atoms with Crippen LogP contribution in [0.25, 0.3) is 0 Å². The third-order valence-corrected chi connectivity index (χ3v) is 2.91. The first-order valence-electron chi connectivity index (χ1n) is 3.35. The van der Waals surface area contributed by atoms with Gasteiger partial charge in [-0.3, -0.25) is 0 Å². The summed E-state index contributed by atoms with van der Waals surface area (Å²) in [5.74, 6) is 0. The van der Waals surface area contributed by atoms with Crippen molar-refractivity contribution in [3.8, 4) is 0 Å². The molecule has 0 heterocycles. The molecule has 0 aliphatic carbocycles. The van der Waals surface area contributed by atoms with Crippen molar-refractivity contribution >= 4 is 58.0 Å². The summed E-state index contributed by atoms with van der Waals surface area (Å²) in [7, 11) is 0. The molecule has 0 unspecified atom stereocenters. The number of alkyl halides is 3. The monoisotopic (exact) mass is 276 g/mol. The average molecular weight is 278 g/mol. The average Bonchev–Trinajstić information content (AvgIpc) is 1.94. The van der Waals surface area contributed by atoms with Crippen LogP contribution in [-0.2, 0) is 3.79 Å². The van der Waals surface area contributed by atoms with E-state index < -0.39 is 3.79 Å². The van der Waals surface area contributed by atoms with Crippen molar-refractivity contribution in [1.82, 2.24) is 0 Å². The van der Waals surface area contributed by atoms with Crippen molar-refractivity contribution in [1.29, 1.82) is 0 Å². The quantitative estimate of drug-likeness (QED) is 0.577. The maximum Gasteiger partial charge on any atom is 0.216 e. The first-order valence-corrected chi connectivity index (χ1v) is 5.24. The van der Waals surface area contributed by atoms with Crippen LogP contribution < -0.4 is 0 Å². The smallest absolute Gasteiger partial charge is 0.0827 e. The summed E-state index contributed by atoms with van der Waals surface area (Å²) in [6.07, 6.45) is 0. The summed E-state index contributed by atoms with van der Waals surface area (Å²) < 4.78 is -1.46. The summed E-state index contributed by atoms with van der Waals surface area (Å²) >= 11 is 28.7. The molecule has 0 nitrogen and oxygen atoms in total. The summed E-state index contributed by atoms with van der Waals surface area (Å²) in [5.41, 5.74) is 1.35. The lowest BCUT2D eigenvalue weighted by Crippen LogP contribution is -2.02. The molecule has 0 N–H and O–H groups in total. The van der Waals surface area contributed by atoms with Crippen molar-refractivity contribution in [2.45, 2.75) is 10.7 Å². The lowest BCUT2D eigenvalue weighted by atomic mass is 10.1. The molecule has 0 saturated heterocycles. The highest BCUT2D eigenvalue weighted by atomic mass is 35.6. The zero-order valence-corrected chi connectivity index (χ0v) is 10.3. The fourth-order valence-corrected chi connectivity index (χ4v) is 1.94. The fraction of sp³-hybridized carbons (Fsp3) is 0.250. The van der Waals surface area contributed by atoms with Crippen LogP contribution in [0.4, 0.5) is 0 Å². The number of hydrogen-bond acceptors (Lipinski definition) is 0. The van der Waals surface area contributed by atoms with E-state index in [0.29, 0.717) is 15.6 Å². The number of rotatable bonds is 0. The molecule has 0 saturated carbocycles. The topological polar surface area (TPSA) is 0 Å². The van der Waals surface area contributed by atoms with Crippen LogP contribution in [0.1, 0.15) is 11.1 Å². The summed E-state index contributed by atoms with van der Waals surface area (Å²) in [6, 6.07) is 3.23. The minimum Gasteiger partial charge on any atom is -0.0827 e. The van der Waals surface area contributed by atoms with E-state index in [4.69, 9.17) is 58.0 Å². The van der Waals surface area contributed by atoms with Crippen LogP contribution in [0.2, 0.25) is 10.0 Å². The van der Waals surface area contributed by atoms with E-state index in [9.17, 15) is 0 Å². The highest BCUT2D eigenvalue weighted by Crippen LogP contribution is 2.42. The Morgan fingerprint density at radius 3 is 1.92 bits per heavy atom. The van der Waals surface area contributed by atoms with Gasteiger partial charge in [0.05, 0.1) is 10.0 Å². The SMILES string of the molecule is Cc1cc(Cl)c(Cl)cc1C(Cl)(Cl)Cl. The number of benzene rings is 1. The summed E-state index contributed by atoms with van der Waals surface area (Å²) in [5, 5.41) is 0.839. The van der Waals surface area contributed by atoms with Gasteiger partial charge in [0.25, 0.3) is 0 Å². The van der Waals surface area contributed by atoms with Crippen LogP contribution in [0.15, 0.2) is 12.1 Å². The second-order valence-electron chi connectivity index (χ2n) is 2.58. The van der Waals surface area contributed by atoms with Gasteiger partial charge in [0.15, 0.2) is 0 Å². The van der Waals surface area contributed by atoms with Gasteiger partial charge >= 0.3 is 0 Å². The van der Waals surface area contributed by atoms with Gasteiger partial charge < -0.3 is 0 Å². The Kier molecular flexibility index (Phi) is 3.65. The van der Waals surface area contributed by atoms with Crippen LogP contribution in [-0.4, -0.2) is 0 Å². The number of hydrogen-bond donors (Lipinski definition) is 0. The fourth-order valence-electron chi connectivity index (χ4n) is 0.952. The largest absolute Gasteiger partial charge is 0.216 e. The van der Waals surface area contributed by atoms with Gasteiger partial charge in [-0.05, 0) is 24.6 Å². The third-order valence-electron chi connectivity index (χ3n) is 1.57. The maximum absolute atomic E-state index is 5.78. The Morgan fingerprint density at radius 1 is 1.00 bits per heavy atom. The molecule has 0 fully saturated rings. The zero-order valence-electron chi connectivity index (χ0n) is 6.54. The van der Waals surface area contributed by atoms with E-state index in [0.717, 1.165) is 5.56 Å². The van der Waals surface area contributed by atoms with Gasteiger partial charge in [-0.25, -0.2) is 0 Å². The molecule has 0 radical (unpaired) electrons. The predicted molar refractivity (Wildman–Crippen MR) is 60.4 cm³/mol. The molecule has 0 bridgehead atoms. The lowest BCUT2D eigenvalue weighted by Gasteiger charge is -2.15. The van der Waals surface area contributed by atoms with Crippen molar-refractivity contribution < 1.29 is 0 Å². The first-order chi connectivity index (χ1) is 5.82. The van der Waals surface area contributed by atoms with Gasteiger partial charge in [-0.2, -0.15) is 0 Å². The molecule has 1 aromatic carbocycles. The molecule has 0 atom stereocenters. The van der Waals surface area contributed by atoms with Crippen LogP contribution >= 0.6 is 58.0 Å². The maximum atomic E-state index is 5.78. The minimum atomic E-state index is -1.46. The van der Waals surface area contributed by atoms with E-state index in [1.165, 1.54) is 0 Å². The van der Waals surface area contributed by atoms with E-state index >= 15 is 0 Å². The Bertz CT molecular complexity index is 326. The van der Waals surface area contributed by atoms with Crippen molar-refractivity contribution in [3.63, 3.8) is 0 Å². The molecule has 0 spiro atoms. The second kappa shape index (κ2) is 4.04. The van der Waals surface area contributed by atoms with Gasteiger partial charge in [-0.1, -0.05) is 58.0 Å². The molecule has 0 aliphatic heterocycles. The molecular formula is C8H5Cl5. The molecule has 13 heavy (non-hydrogen) atoms. The number of aryl methyl sites for hydroxylation is 1. The second-order valence-corrected chi connectivity index (χ2v) is 5.67. The van der Waals surface area contributed by atoms with Crippen molar-refractivity contribution in [2.75, 3.05) is 0 Å². The number of halogens is 5. The predicted octanol–water partition coefficient (Wildman–Crippen LogP) is 5.13. The summed E-state index contributed by atoms with van der Waals surface area (Å²) in [6.45, 7) is 1.80. The van der Waals surface area contributed by atoms with Gasteiger partial charge in [-0.15, -0.1) is 0 Å². The highest BCUT2D eigenvalue weighted by molar-refractivity contribution is 6.66. The summed E-state index contributed by atoms with van der Waals surface area (Å²) in [4.78, 5) is 0. The standard InChI is InChI=1S/C8H5Cl5/c1-4-2-6(9)7(10)3-5(4)8(11,12)13/h2-3H,1H3. The van der Waals surface area contributed by atoms with Gasteiger partial charge in [0.1, 0.15) is 0 Å². The third kappa shape index (κ3) is 2.81. The Hall–Kier alpha value is 0.670. The zero-order chi connectivity index (χ0) is 10.2. The Balaban J connectivity index is 3.32. The van der Waals surface area contributed by atoms with Gasteiger partial charge in [0.2, 0.25) is 3.79 Å². The normalized spacial score (nSPS) is 11.8. The molecule has 72 valence electrons. The molecule has 1 aromatic rings. The highest BCUT2D eigenvalue weighted by Gasteiger charge is 2.25. The van der Waals surface area contributed by atoms with Crippen LogP contribution in [0, 0.1) is 6.92 Å². The molecule has 0 aromatic heterocycles. The first kappa shape index (κ1) is 11.7. The Morgan fingerprint density at radius 2 is 1.46 bits per heavy atom. The van der Waals surface area contributed by atoms with Crippen molar-refractivity contribution in [3.05, 3.63) is 33.3 Å². The molecule has 0 aliphatic rings. The minimum absolute atomic E-state index is 0.383. The Labute approximate surface area is 102 Å². The van der Waals surface area contributed by atoms with Gasteiger partial charge in [0, 0.05) is 5.56 Å². The lowest BCUT2D eigenvalue weighted by molar-refractivity contribution is 1.19. The van der Waals surface area contributed by atoms with Crippen molar-refractivity contribution in [2.24, 2.45) is 0 Å². The van der Waals surface area contributed by atoms with Crippen LogP contribution in [0.5, 0.6) is 0 Å². The van der Waals surface area contributed by atoms with E-state index in [1.54, 1.807) is 19.1 Å². The molecule has 1 rings (SSSR count). The van der Waals surface area contributed by atoms with E-state index in [2.05, 4.69) is 0 Å².